The maximum absolute atomic E-state index is 12.0. The fourth-order valence-electron chi connectivity index (χ4n) is 2.39. The molecule has 0 aliphatic heterocycles. The Morgan fingerprint density at radius 1 is 1.28 bits per heavy atom. The molecule has 0 saturated heterocycles. The molecule has 3 heteroatoms. The van der Waals surface area contributed by atoms with E-state index >= 15 is 0 Å². The van der Waals surface area contributed by atoms with E-state index in [0.29, 0.717) is 12.6 Å². The Labute approximate surface area is 109 Å². The minimum atomic E-state index is 0.0440. The van der Waals surface area contributed by atoms with Crippen molar-refractivity contribution in [2.75, 3.05) is 7.05 Å². The summed E-state index contributed by atoms with van der Waals surface area (Å²) < 4.78 is 0. The van der Waals surface area contributed by atoms with Gasteiger partial charge in [0, 0.05) is 19.6 Å². The molecule has 1 saturated carbocycles. The lowest BCUT2D eigenvalue weighted by Gasteiger charge is -2.21. The van der Waals surface area contributed by atoms with Gasteiger partial charge in [-0.2, -0.15) is 0 Å². The van der Waals surface area contributed by atoms with Crippen molar-refractivity contribution in [1.82, 2.24) is 10.2 Å². The number of amides is 2. The van der Waals surface area contributed by atoms with Crippen LogP contribution in [0.25, 0.3) is 0 Å². The molecule has 98 valence electrons. The summed E-state index contributed by atoms with van der Waals surface area (Å²) in [4.78, 5) is 13.7. The van der Waals surface area contributed by atoms with Gasteiger partial charge < -0.3 is 10.2 Å². The number of nitrogens with zero attached hydrogens (tertiary/aromatic N) is 1. The van der Waals surface area contributed by atoms with Crippen LogP contribution in [0.2, 0.25) is 0 Å². The zero-order valence-corrected chi connectivity index (χ0v) is 11.3. The van der Waals surface area contributed by atoms with Crippen molar-refractivity contribution >= 4 is 6.03 Å². The van der Waals surface area contributed by atoms with Crippen molar-refractivity contribution in [2.24, 2.45) is 0 Å². The summed E-state index contributed by atoms with van der Waals surface area (Å²) in [6, 6.07) is 8.75. The molecule has 1 aromatic carbocycles. The topological polar surface area (TPSA) is 32.3 Å². The second kappa shape index (κ2) is 5.89. The first-order valence-electron chi connectivity index (χ1n) is 6.72. The number of hydrogen-bond donors (Lipinski definition) is 1. The van der Waals surface area contributed by atoms with E-state index in [2.05, 4.69) is 36.5 Å². The summed E-state index contributed by atoms with van der Waals surface area (Å²) in [7, 11) is 1.85. The fraction of sp³-hybridized carbons (Fsp3) is 0.533. The minimum Gasteiger partial charge on any atom is -0.335 e. The largest absolute Gasteiger partial charge is 0.335 e. The van der Waals surface area contributed by atoms with Gasteiger partial charge >= 0.3 is 6.03 Å². The van der Waals surface area contributed by atoms with Crippen LogP contribution in [-0.4, -0.2) is 24.0 Å². The molecule has 0 heterocycles. The van der Waals surface area contributed by atoms with Gasteiger partial charge in [-0.15, -0.1) is 0 Å². The normalized spacial score (nSPS) is 15.7. The summed E-state index contributed by atoms with van der Waals surface area (Å²) in [6.07, 6.45) is 4.74. The highest BCUT2D eigenvalue weighted by molar-refractivity contribution is 5.74. The lowest BCUT2D eigenvalue weighted by Crippen LogP contribution is -2.41. The molecule has 2 amide bonds. The Bertz CT molecular complexity index is 393. The van der Waals surface area contributed by atoms with E-state index in [0.717, 1.165) is 12.8 Å². The predicted molar refractivity (Wildman–Crippen MR) is 73.4 cm³/mol. The second-order valence-corrected chi connectivity index (χ2v) is 5.27. The minimum absolute atomic E-state index is 0.0440. The number of benzene rings is 1. The van der Waals surface area contributed by atoms with Crippen LogP contribution in [0.5, 0.6) is 0 Å². The molecule has 1 aromatic rings. The fourth-order valence-corrected chi connectivity index (χ4v) is 2.39. The average molecular weight is 246 g/mol. The third-order valence-corrected chi connectivity index (χ3v) is 3.57. The number of aryl methyl sites for hydroxylation is 1. The number of carbonyl (C=O) groups is 1. The van der Waals surface area contributed by atoms with Gasteiger partial charge in [0.05, 0.1) is 0 Å². The molecule has 1 aliphatic rings. The number of hydrogen-bond acceptors (Lipinski definition) is 1. The van der Waals surface area contributed by atoms with E-state index < -0.39 is 0 Å². The van der Waals surface area contributed by atoms with Crippen molar-refractivity contribution in [1.29, 1.82) is 0 Å². The first-order valence-corrected chi connectivity index (χ1v) is 6.72. The van der Waals surface area contributed by atoms with Crippen LogP contribution >= 0.6 is 0 Å². The Kier molecular flexibility index (Phi) is 4.24. The monoisotopic (exact) mass is 246 g/mol. The highest BCUT2D eigenvalue weighted by Gasteiger charge is 2.18. The van der Waals surface area contributed by atoms with Crippen molar-refractivity contribution in [3.05, 3.63) is 35.4 Å². The molecular weight excluding hydrogens is 224 g/mol. The lowest BCUT2D eigenvalue weighted by atomic mass is 10.1. The van der Waals surface area contributed by atoms with Crippen LogP contribution in [0, 0.1) is 6.92 Å². The number of nitrogens with one attached hydrogen (secondary N) is 1. The van der Waals surface area contributed by atoms with E-state index in [-0.39, 0.29) is 6.03 Å². The summed E-state index contributed by atoms with van der Waals surface area (Å²) in [5, 5.41) is 3.10. The van der Waals surface area contributed by atoms with Crippen LogP contribution in [0.4, 0.5) is 4.79 Å². The first-order chi connectivity index (χ1) is 8.65. The first kappa shape index (κ1) is 12.9. The van der Waals surface area contributed by atoms with E-state index in [1.807, 2.05) is 7.05 Å². The Morgan fingerprint density at radius 2 is 1.89 bits per heavy atom. The highest BCUT2D eigenvalue weighted by atomic mass is 16.2. The SMILES string of the molecule is Cc1ccc(CN(C)C(=O)NC2CCCC2)cc1. The molecule has 0 spiro atoms. The van der Waals surface area contributed by atoms with Gasteiger partial charge in [-0.3, -0.25) is 0 Å². The van der Waals surface area contributed by atoms with Gasteiger partial charge in [-0.25, -0.2) is 4.79 Å². The molecule has 1 N–H and O–H groups in total. The third kappa shape index (κ3) is 3.49. The molecule has 18 heavy (non-hydrogen) atoms. The molecule has 0 aromatic heterocycles. The maximum Gasteiger partial charge on any atom is 0.317 e. The van der Waals surface area contributed by atoms with Crippen molar-refractivity contribution < 1.29 is 4.79 Å². The average Bonchev–Trinajstić information content (AvgIpc) is 2.85. The molecule has 0 radical (unpaired) electrons. The van der Waals surface area contributed by atoms with Gasteiger partial charge in [0.25, 0.3) is 0 Å². The van der Waals surface area contributed by atoms with Gasteiger partial charge in [-0.05, 0) is 25.3 Å². The standard InChI is InChI=1S/C15H22N2O/c1-12-7-9-13(10-8-12)11-17(2)15(18)16-14-5-3-4-6-14/h7-10,14H,3-6,11H2,1-2H3,(H,16,18). The summed E-state index contributed by atoms with van der Waals surface area (Å²) in [5.41, 5.74) is 2.42. The van der Waals surface area contributed by atoms with Crippen LogP contribution in [0.3, 0.4) is 0 Å². The van der Waals surface area contributed by atoms with E-state index in [1.54, 1.807) is 4.90 Å². The van der Waals surface area contributed by atoms with Crippen molar-refractivity contribution in [2.45, 2.75) is 45.2 Å². The van der Waals surface area contributed by atoms with Gasteiger partial charge in [0.15, 0.2) is 0 Å². The molecule has 0 unspecified atom stereocenters. The molecular formula is C15H22N2O. The van der Waals surface area contributed by atoms with E-state index in [9.17, 15) is 4.79 Å². The Hall–Kier alpha value is -1.51. The van der Waals surface area contributed by atoms with Gasteiger partial charge in [-0.1, -0.05) is 42.7 Å². The molecule has 0 atom stereocenters. The van der Waals surface area contributed by atoms with E-state index in [4.69, 9.17) is 0 Å². The van der Waals surface area contributed by atoms with Crippen LogP contribution in [0.1, 0.15) is 36.8 Å². The summed E-state index contributed by atoms with van der Waals surface area (Å²) >= 11 is 0. The summed E-state index contributed by atoms with van der Waals surface area (Å²) in [5.74, 6) is 0. The van der Waals surface area contributed by atoms with Crippen LogP contribution < -0.4 is 5.32 Å². The lowest BCUT2D eigenvalue weighted by molar-refractivity contribution is 0.203. The van der Waals surface area contributed by atoms with E-state index in [1.165, 1.54) is 24.0 Å². The number of urea groups is 1. The smallest absolute Gasteiger partial charge is 0.317 e. The Morgan fingerprint density at radius 3 is 2.50 bits per heavy atom. The highest BCUT2D eigenvalue weighted by Crippen LogP contribution is 2.17. The molecule has 1 aliphatic carbocycles. The molecule has 1 fully saturated rings. The second-order valence-electron chi connectivity index (χ2n) is 5.27. The number of carbonyl (C=O) groups excluding carboxylic acids is 1. The molecule has 3 nitrogen and oxygen atoms in total. The van der Waals surface area contributed by atoms with Crippen LogP contribution in [0.15, 0.2) is 24.3 Å². The number of rotatable bonds is 3. The molecule has 0 bridgehead atoms. The maximum atomic E-state index is 12.0. The van der Waals surface area contributed by atoms with Crippen LogP contribution in [-0.2, 0) is 6.54 Å². The van der Waals surface area contributed by atoms with Gasteiger partial charge in [0.2, 0.25) is 0 Å². The summed E-state index contributed by atoms with van der Waals surface area (Å²) in [6.45, 7) is 2.74. The van der Waals surface area contributed by atoms with Gasteiger partial charge in [0.1, 0.15) is 0 Å². The predicted octanol–water partition coefficient (Wildman–Crippen LogP) is 3.08. The zero-order valence-electron chi connectivity index (χ0n) is 11.3. The van der Waals surface area contributed by atoms with Crippen molar-refractivity contribution in [3.63, 3.8) is 0 Å². The quantitative estimate of drug-likeness (QED) is 0.873. The third-order valence-electron chi connectivity index (χ3n) is 3.57. The van der Waals surface area contributed by atoms with Crippen molar-refractivity contribution in [3.8, 4) is 0 Å². The Balaban J connectivity index is 1.84. The zero-order chi connectivity index (χ0) is 13.0. The molecule has 2 rings (SSSR count).